The fraction of sp³-hybridized carbons (Fsp3) is 0.733. The van der Waals surface area contributed by atoms with Gasteiger partial charge in [0.15, 0.2) is 0 Å². The Kier molecular flexibility index (Phi) is 4.18. The van der Waals surface area contributed by atoms with E-state index in [2.05, 4.69) is 42.1 Å². The maximum Gasteiger partial charge on any atom is 0.245 e. The predicted octanol–water partition coefficient (Wildman–Crippen LogP) is 1.86. The first-order valence-corrected chi connectivity index (χ1v) is 7.37. The highest BCUT2D eigenvalue weighted by atomic mass is 16.2. The third-order valence-electron chi connectivity index (χ3n) is 4.00. The van der Waals surface area contributed by atoms with Crippen molar-refractivity contribution in [1.82, 2.24) is 19.4 Å². The van der Waals surface area contributed by atoms with Gasteiger partial charge >= 0.3 is 0 Å². The fourth-order valence-corrected chi connectivity index (χ4v) is 2.89. The number of hydrogen-bond donors (Lipinski definition) is 0. The zero-order chi connectivity index (χ0) is 15.0. The number of amides is 1. The lowest BCUT2D eigenvalue weighted by Crippen LogP contribution is -2.47. The maximum atomic E-state index is 12.7. The van der Waals surface area contributed by atoms with Crippen LogP contribution < -0.4 is 0 Å². The molecule has 0 bridgehead atoms. The number of likely N-dealkylation sites (N-methyl/N-ethyl adjacent to an activating group) is 1. The Labute approximate surface area is 121 Å². The highest BCUT2D eigenvalue weighted by Crippen LogP contribution is 2.33. The van der Waals surface area contributed by atoms with Gasteiger partial charge in [-0.25, -0.2) is 4.98 Å². The third kappa shape index (κ3) is 2.46. The molecule has 1 unspecified atom stereocenters. The minimum absolute atomic E-state index is 0.141. The largest absolute Gasteiger partial charge is 0.347 e. The Morgan fingerprint density at radius 2 is 1.95 bits per heavy atom. The van der Waals surface area contributed by atoms with Crippen molar-refractivity contribution in [2.45, 2.75) is 52.2 Å². The second-order valence-electron chi connectivity index (χ2n) is 6.29. The van der Waals surface area contributed by atoms with Crippen LogP contribution in [0.4, 0.5) is 0 Å². The van der Waals surface area contributed by atoms with Crippen LogP contribution in [0.2, 0.25) is 0 Å². The molecule has 1 aromatic heterocycles. The van der Waals surface area contributed by atoms with Crippen molar-refractivity contribution in [2.24, 2.45) is 0 Å². The van der Waals surface area contributed by atoms with Crippen molar-refractivity contribution < 1.29 is 4.79 Å². The van der Waals surface area contributed by atoms with Crippen LogP contribution in [-0.4, -0.2) is 51.9 Å². The van der Waals surface area contributed by atoms with Gasteiger partial charge in [-0.05, 0) is 27.7 Å². The van der Waals surface area contributed by atoms with Gasteiger partial charge in [-0.15, -0.1) is 0 Å². The second-order valence-corrected chi connectivity index (χ2v) is 6.29. The molecule has 0 aromatic carbocycles. The summed E-state index contributed by atoms with van der Waals surface area (Å²) in [7, 11) is 3.65. The number of carbonyl (C=O) groups excluding carboxylic acids is 1. The molecular formula is C15H26N4O. The van der Waals surface area contributed by atoms with Gasteiger partial charge in [-0.2, -0.15) is 0 Å². The van der Waals surface area contributed by atoms with Crippen molar-refractivity contribution in [3.05, 3.63) is 17.7 Å². The molecule has 1 aliphatic rings. The zero-order valence-electron chi connectivity index (χ0n) is 13.4. The number of imidazole rings is 1. The van der Waals surface area contributed by atoms with E-state index in [0.29, 0.717) is 12.1 Å². The fourth-order valence-electron chi connectivity index (χ4n) is 2.89. The van der Waals surface area contributed by atoms with Crippen LogP contribution in [0.1, 0.15) is 51.2 Å². The summed E-state index contributed by atoms with van der Waals surface area (Å²) < 4.78 is 2.15. The summed E-state index contributed by atoms with van der Waals surface area (Å²) in [5.41, 5.74) is 2.16. The van der Waals surface area contributed by atoms with Crippen LogP contribution in [0.5, 0.6) is 0 Å². The van der Waals surface area contributed by atoms with Crippen LogP contribution in [-0.2, 0) is 11.2 Å². The van der Waals surface area contributed by atoms with Crippen molar-refractivity contribution in [2.75, 3.05) is 20.6 Å². The van der Waals surface area contributed by atoms with E-state index in [4.69, 9.17) is 0 Å². The van der Waals surface area contributed by atoms with E-state index in [9.17, 15) is 4.79 Å². The lowest BCUT2D eigenvalue weighted by atomic mass is 9.99. The predicted molar refractivity (Wildman–Crippen MR) is 79.6 cm³/mol. The number of carbonyl (C=O) groups is 1. The molecule has 2 heterocycles. The molecule has 2 rings (SSSR count). The SMILES string of the molecule is CC(C)N1CCc2ncn(C(C)C)c2C1C(=O)N(C)C. The molecule has 5 nitrogen and oxygen atoms in total. The van der Waals surface area contributed by atoms with Gasteiger partial charge in [0, 0.05) is 39.1 Å². The molecule has 1 aromatic rings. The first-order chi connectivity index (χ1) is 9.34. The summed E-state index contributed by atoms with van der Waals surface area (Å²) in [5.74, 6) is 0.141. The number of hydrogen-bond acceptors (Lipinski definition) is 3. The van der Waals surface area contributed by atoms with E-state index in [-0.39, 0.29) is 11.9 Å². The first kappa shape index (κ1) is 15.0. The number of rotatable bonds is 3. The smallest absolute Gasteiger partial charge is 0.245 e. The highest BCUT2D eigenvalue weighted by molar-refractivity contribution is 5.83. The molecule has 0 N–H and O–H groups in total. The average molecular weight is 278 g/mol. The van der Waals surface area contributed by atoms with Gasteiger partial charge in [0.2, 0.25) is 5.91 Å². The van der Waals surface area contributed by atoms with Crippen LogP contribution in [0.3, 0.4) is 0 Å². The Hall–Kier alpha value is -1.36. The second kappa shape index (κ2) is 5.56. The van der Waals surface area contributed by atoms with Crippen LogP contribution in [0.25, 0.3) is 0 Å². The molecule has 112 valence electrons. The van der Waals surface area contributed by atoms with E-state index in [1.54, 1.807) is 4.90 Å². The van der Waals surface area contributed by atoms with Gasteiger partial charge in [0.05, 0.1) is 17.7 Å². The third-order valence-corrected chi connectivity index (χ3v) is 4.00. The standard InChI is InChI=1S/C15H26N4O/c1-10(2)18-8-7-12-13(14(18)15(20)17(5)6)19(9-16-12)11(3)4/h9-11,14H,7-8H2,1-6H3. The van der Waals surface area contributed by atoms with Gasteiger partial charge in [0.25, 0.3) is 0 Å². The average Bonchev–Trinajstić information content (AvgIpc) is 2.80. The van der Waals surface area contributed by atoms with E-state index < -0.39 is 0 Å². The molecule has 1 aliphatic heterocycles. The summed E-state index contributed by atoms with van der Waals surface area (Å²) in [6.45, 7) is 9.46. The molecule has 0 fully saturated rings. The summed E-state index contributed by atoms with van der Waals surface area (Å²) in [4.78, 5) is 21.2. The molecule has 0 spiro atoms. The Balaban J connectivity index is 2.52. The summed E-state index contributed by atoms with van der Waals surface area (Å²) in [6, 6.07) is 0.446. The Bertz CT molecular complexity index is 490. The number of aromatic nitrogens is 2. The number of fused-ring (bicyclic) bond motifs is 1. The molecule has 1 amide bonds. The number of nitrogens with zero attached hydrogens (tertiary/aromatic N) is 4. The molecular weight excluding hydrogens is 252 g/mol. The van der Waals surface area contributed by atoms with Gasteiger partial charge in [-0.3, -0.25) is 9.69 Å². The van der Waals surface area contributed by atoms with Crippen LogP contribution >= 0.6 is 0 Å². The molecule has 0 radical (unpaired) electrons. The molecule has 0 saturated heterocycles. The minimum atomic E-state index is -0.210. The van der Waals surface area contributed by atoms with E-state index in [1.165, 1.54) is 0 Å². The van der Waals surface area contributed by atoms with Crippen molar-refractivity contribution in [3.8, 4) is 0 Å². The highest BCUT2D eigenvalue weighted by Gasteiger charge is 2.38. The van der Waals surface area contributed by atoms with Crippen LogP contribution in [0, 0.1) is 0 Å². The normalized spacial score (nSPS) is 19.5. The summed E-state index contributed by atoms with van der Waals surface area (Å²) >= 11 is 0. The van der Waals surface area contributed by atoms with Gasteiger partial charge in [0.1, 0.15) is 6.04 Å². The first-order valence-electron chi connectivity index (χ1n) is 7.37. The topological polar surface area (TPSA) is 41.4 Å². The zero-order valence-corrected chi connectivity index (χ0v) is 13.4. The lowest BCUT2D eigenvalue weighted by Gasteiger charge is -2.39. The van der Waals surface area contributed by atoms with Crippen molar-refractivity contribution in [1.29, 1.82) is 0 Å². The van der Waals surface area contributed by atoms with E-state index in [1.807, 2.05) is 20.4 Å². The molecule has 0 saturated carbocycles. The van der Waals surface area contributed by atoms with Gasteiger partial charge < -0.3 is 9.47 Å². The quantitative estimate of drug-likeness (QED) is 0.847. The van der Waals surface area contributed by atoms with Crippen molar-refractivity contribution in [3.63, 3.8) is 0 Å². The monoisotopic (exact) mass is 278 g/mol. The van der Waals surface area contributed by atoms with Crippen molar-refractivity contribution >= 4 is 5.91 Å². The Morgan fingerprint density at radius 3 is 2.45 bits per heavy atom. The molecule has 0 aliphatic carbocycles. The molecule has 1 atom stereocenters. The van der Waals surface area contributed by atoms with Crippen LogP contribution in [0.15, 0.2) is 6.33 Å². The van der Waals surface area contributed by atoms with E-state index >= 15 is 0 Å². The summed E-state index contributed by atoms with van der Waals surface area (Å²) in [6.07, 6.45) is 2.81. The maximum absolute atomic E-state index is 12.7. The lowest BCUT2D eigenvalue weighted by molar-refractivity contribution is -0.136. The van der Waals surface area contributed by atoms with E-state index in [0.717, 1.165) is 24.4 Å². The molecule has 5 heteroatoms. The summed E-state index contributed by atoms with van der Waals surface area (Å²) in [5, 5.41) is 0. The minimum Gasteiger partial charge on any atom is -0.347 e. The Morgan fingerprint density at radius 1 is 1.30 bits per heavy atom. The molecule has 20 heavy (non-hydrogen) atoms. The van der Waals surface area contributed by atoms with Gasteiger partial charge in [-0.1, -0.05) is 0 Å².